The van der Waals surface area contributed by atoms with Gasteiger partial charge in [-0.15, -0.1) is 11.3 Å². The number of unbranched alkanes of at least 4 members (excludes halogenated alkanes) is 1. The molecule has 1 aliphatic rings. The zero-order chi connectivity index (χ0) is 24.1. The Bertz CT molecular complexity index is 1040. The highest BCUT2D eigenvalue weighted by atomic mass is 32.1. The molecule has 0 fully saturated rings. The lowest BCUT2D eigenvalue weighted by Gasteiger charge is -2.16. The van der Waals surface area contributed by atoms with Gasteiger partial charge in [-0.05, 0) is 19.4 Å². The SMILES string of the molecule is NCCCC[C@H](N)C(=O)Nc1csc2c1C(=O)c1ccccc1C2=O.O=C(O)C(F)(F)F. The third-order valence-electron chi connectivity index (χ3n) is 4.45. The Morgan fingerprint density at radius 3 is 2.19 bits per heavy atom. The Balaban J connectivity index is 0.000000451. The van der Waals surface area contributed by atoms with Crippen LogP contribution >= 0.6 is 11.3 Å². The van der Waals surface area contributed by atoms with Gasteiger partial charge in [-0.2, -0.15) is 13.2 Å². The van der Waals surface area contributed by atoms with Crippen LogP contribution in [0, 0.1) is 0 Å². The van der Waals surface area contributed by atoms with Crippen molar-refractivity contribution in [1.82, 2.24) is 0 Å². The van der Waals surface area contributed by atoms with Crippen LogP contribution in [0.3, 0.4) is 0 Å². The second-order valence-corrected chi connectivity index (χ2v) is 7.62. The quantitative estimate of drug-likeness (QED) is 0.403. The molecule has 1 heterocycles. The summed E-state index contributed by atoms with van der Waals surface area (Å²) in [6.07, 6.45) is -3.00. The van der Waals surface area contributed by atoms with Crippen LogP contribution < -0.4 is 16.8 Å². The molecule has 0 saturated carbocycles. The minimum absolute atomic E-state index is 0.192. The van der Waals surface area contributed by atoms with Crippen molar-refractivity contribution in [2.45, 2.75) is 31.5 Å². The fraction of sp³-hybridized carbons (Fsp3) is 0.300. The molecule has 1 aliphatic carbocycles. The van der Waals surface area contributed by atoms with Crippen molar-refractivity contribution in [2.24, 2.45) is 11.5 Å². The molecule has 1 atom stereocenters. The van der Waals surface area contributed by atoms with Crippen LogP contribution in [0.25, 0.3) is 0 Å². The second-order valence-electron chi connectivity index (χ2n) is 6.74. The molecule has 0 aliphatic heterocycles. The summed E-state index contributed by atoms with van der Waals surface area (Å²) in [5.74, 6) is -3.56. The standard InChI is InChI=1S/C18H19N3O3S.C2HF3O2/c19-8-4-3-7-12(20)18(24)21-13-9-25-17-14(13)15(22)10-5-1-2-6-11(10)16(17)23;3-2(4,5)1(6)7/h1-2,5-6,9,12H,3-4,7-8,19-20H2,(H,21,24);(H,6,7)/t12-;/m0./s1. The largest absolute Gasteiger partial charge is 0.490 e. The molecule has 0 spiro atoms. The lowest BCUT2D eigenvalue weighted by Crippen LogP contribution is -2.36. The number of fused-ring (bicyclic) bond motifs is 2. The molecule has 0 unspecified atom stereocenters. The average molecular weight is 471 g/mol. The van der Waals surface area contributed by atoms with Gasteiger partial charge in [0.15, 0.2) is 5.78 Å². The Labute approximate surface area is 184 Å². The summed E-state index contributed by atoms with van der Waals surface area (Å²) < 4.78 is 31.7. The molecule has 6 N–H and O–H groups in total. The Hall–Kier alpha value is -3.09. The van der Waals surface area contributed by atoms with E-state index in [9.17, 15) is 27.6 Å². The summed E-state index contributed by atoms with van der Waals surface area (Å²) in [6, 6.07) is 6.03. The first kappa shape index (κ1) is 25.2. The number of hydrogen-bond donors (Lipinski definition) is 4. The van der Waals surface area contributed by atoms with Crippen LogP contribution in [-0.4, -0.2) is 47.3 Å². The number of thiophene rings is 1. The highest BCUT2D eigenvalue weighted by molar-refractivity contribution is 7.13. The first-order chi connectivity index (χ1) is 15.0. The van der Waals surface area contributed by atoms with E-state index in [4.69, 9.17) is 21.4 Å². The topological polar surface area (TPSA) is 153 Å². The van der Waals surface area contributed by atoms with Gasteiger partial charge in [0.05, 0.1) is 22.2 Å². The number of rotatable bonds is 6. The van der Waals surface area contributed by atoms with E-state index in [1.807, 2.05) is 0 Å². The van der Waals surface area contributed by atoms with Gasteiger partial charge in [0, 0.05) is 16.5 Å². The summed E-state index contributed by atoms with van der Waals surface area (Å²) in [5.41, 5.74) is 12.7. The maximum absolute atomic E-state index is 12.8. The van der Waals surface area contributed by atoms with E-state index >= 15 is 0 Å². The molecule has 3 rings (SSSR count). The van der Waals surface area contributed by atoms with E-state index in [1.165, 1.54) is 0 Å². The molecule has 1 amide bonds. The molecule has 172 valence electrons. The number of hydrogen-bond acceptors (Lipinski definition) is 7. The number of amides is 1. The number of carboxylic acids is 1. The average Bonchev–Trinajstić information content (AvgIpc) is 3.16. The number of benzene rings is 1. The van der Waals surface area contributed by atoms with E-state index in [0.29, 0.717) is 34.7 Å². The maximum atomic E-state index is 12.8. The van der Waals surface area contributed by atoms with Gasteiger partial charge in [-0.3, -0.25) is 14.4 Å². The van der Waals surface area contributed by atoms with E-state index < -0.39 is 18.2 Å². The normalized spacial score (nSPS) is 13.4. The third kappa shape index (κ3) is 5.78. The predicted molar refractivity (Wildman–Crippen MR) is 111 cm³/mol. The minimum atomic E-state index is -5.08. The number of carbonyl (C=O) groups is 4. The molecular weight excluding hydrogens is 451 g/mol. The second kappa shape index (κ2) is 10.5. The van der Waals surface area contributed by atoms with E-state index in [1.54, 1.807) is 29.6 Å². The number of carbonyl (C=O) groups excluding carboxylic acids is 3. The molecule has 0 saturated heterocycles. The highest BCUT2D eigenvalue weighted by Gasteiger charge is 2.38. The zero-order valence-electron chi connectivity index (χ0n) is 16.6. The summed E-state index contributed by atoms with van der Waals surface area (Å²) in [7, 11) is 0. The molecule has 32 heavy (non-hydrogen) atoms. The van der Waals surface area contributed by atoms with Crippen LogP contribution in [0.2, 0.25) is 0 Å². The van der Waals surface area contributed by atoms with E-state index in [2.05, 4.69) is 5.32 Å². The van der Waals surface area contributed by atoms with Crippen molar-refractivity contribution in [3.05, 3.63) is 51.2 Å². The van der Waals surface area contributed by atoms with E-state index in [0.717, 1.165) is 24.2 Å². The minimum Gasteiger partial charge on any atom is -0.475 e. The van der Waals surface area contributed by atoms with Gasteiger partial charge < -0.3 is 21.9 Å². The van der Waals surface area contributed by atoms with Crippen LogP contribution in [0.5, 0.6) is 0 Å². The van der Waals surface area contributed by atoms with Gasteiger partial charge in [-0.25, -0.2) is 4.79 Å². The molecular formula is C20H20F3N3O5S. The lowest BCUT2D eigenvalue weighted by atomic mass is 9.88. The molecule has 8 nitrogen and oxygen atoms in total. The Kier molecular flexibility index (Phi) is 8.25. The number of ketones is 2. The van der Waals surface area contributed by atoms with Crippen molar-refractivity contribution < 1.29 is 37.5 Å². The fourth-order valence-electron chi connectivity index (χ4n) is 2.84. The summed E-state index contributed by atoms with van der Waals surface area (Å²) in [4.78, 5) is 46.8. The smallest absolute Gasteiger partial charge is 0.475 e. The number of nitrogens with two attached hydrogens (primary N) is 2. The number of alkyl halides is 3. The van der Waals surface area contributed by atoms with Gasteiger partial charge >= 0.3 is 12.1 Å². The van der Waals surface area contributed by atoms with Crippen molar-refractivity contribution >= 4 is 40.5 Å². The Morgan fingerprint density at radius 1 is 1.09 bits per heavy atom. The number of anilines is 1. The lowest BCUT2D eigenvalue weighted by molar-refractivity contribution is -0.192. The summed E-state index contributed by atoms with van der Waals surface area (Å²) in [6.45, 7) is 0.558. The zero-order valence-corrected chi connectivity index (χ0v) is 17.4. The predicted octanol–water partition coefficient (Wildman–Crippen LogP) is 2.55. The number of nitrogens with one attached hydrogen (secondary N) is 1. The monoisotopic (exact) mass is 471 g/mol. The van der Waals surface area contributed by atoms with Crippen molar-refractivity contribution in [3.63, 3.8) is 0 Å². The maximum Gasteiger partial charge on any atom is 0.490 e. The summed E-state index contributed by atoms with van der Waals surface area (Å²) >= 11 is 1.16. The molecule has 1 aromatic heterocycles. The number of carboxylic acid groups (broad SMARTS) is 1. The van der Waals surface area contributed by atoms with E-state index in [-0.39, 0.29) is 23.0 Å². The molecule has 12 heteroatoms. The van der Waals surface area contributed by atoms with Gasteiger partial charge in [-0.1, -0.05) is 30.7 Å². The first-order valence-corrected chi connectivity index (χ1v) is 10.2. The van der Waals surface area contributed by atoms with Gasteiger partial charge in [0.25, 0.3) is 0 Å². The number of halogens is 3. The molecule has 2 aromatic rings. The van der Waals surface area contributed by atoms with Crippen LogP contribution in [0.4, 0.5) is 18.9 Å². The highest BCUT2D eigenvalue weighted by Crippen LogP contribution is 2.36. The summed E-state index contributed by atoms with van der Waals surface area (Å²) in [5, 5.41) is 11.4. The number of aliphatic carboxylic acids is 1. The van der Waals surface area contributed by atoms with Gasteiger partial charge in [0.1, 0.15) is 0 Å². The molecule has 0 radical (unpaired) electrons. The first-order valence-electron chi connectivity index (χ1n) is 9.35. The van der Waals surface area contributed by atoms with Gasteiger partial charge in [0.2, 0.25) is 11.7 Å². The molecule has 0 bridgehead atoms. The Morgan fingerprint density at radius 2 is 1.66 bits per heavy atom. The molecule has 1 aromatic carbocycles. The van der Waals surface area contributed by atoms with Crippen LogP contribution in [0.1, 0.15) is 50.4 Å². The third-order valence-corrected chi connectivity index (χ3v) is 5.43. The van der Waals surface area contributed by atoms with Crippen LogP contribution in [0.15, 0.2) is 29.6 Å². The fourth-order valence-corrected chi connectivity index (χ4v) is 3.79. The van der Waals surface area contributed by atoms with Crippen LogP contribution in [-0.2, 0) is 9.59 Å². The van der Waals surface area contributed by atoms with Crippen molar-refractivity contribution in [2.75, 3.05) is 11.9 Å². The van der Waals surface area contributed by atoms with Crippen molar-refractivity contribution in [1.29, 1.82) is 0 Å². The van der Waals surface area contributed by atoms with Crippen molar-refractivity contribution in [3.8, 4) is 0 Å².